The predicted octanol–water partition coefficient (Wildman–Crippen LogP) is 1.68. The number of carbonyl (C=O) groups is 2. The molecule has 4 rings (SSSR count). The number of hydrogen-bond donors (Lipinski definition) is 1. The van der Waals surface area contributed by atoms with Crippen molar-refractivity contribution in [1.82, 2.24) is 0 Å². The Bertz CT molecular complexity index is 762. The van der Waals surface area contributed by atoms with Gasteiger partial charge in [-0.05, 0) is 18.1 Å². The van der Waals surface area contributed by atoms with Gasteiger partial charge in [0.25, 0.3) is 6.29 Å². The highest BCUT2D eigenvalue weighted by Gasteiger charge is 2.51. The van der Waals surface area contributed by atoms with Crippen LogP contribution in [0.2, 0.25) is 0 Å². The van der Waals surface area contributed by atoms with E-state index in [0.29, 0.717) is 5.57 Å². The minimum Gasteiger partial charge on any atom is -0.458 e. The second-order valence-electron chi connectivity index (χ2n) is 5.76. The molecule has 4 atom stereocenters. The molecule has 6 nitrogen and oxygen atoms in total. The molecule has 0 amide bonds. The molecule has 23 heavy (non-hydrogen) atoms. The maximum absolute atomic E-state index is 12.1. The third-order valence-electron chi connectivity index (χ3n) is 4.38. The van der Waals surface area contributed by atoms with Crippen molar-refractivity contribution in [1.29, 1.82) is 0 Å². The number of aliphatic hydroxyl groups is 1. The first-order valence-corrected chi connectivity index (χ1v) is 7.29. The van der Waals surface area contributed by atoms with Crippen LogP contribution in [0.5, 0.6) is 0 Å². The van der Waals surface area contributed by atoms with Crippen LogP contribution < -0.4 is 0 Å². The molecular formula is C17H14O6. The second-order valence-corrected chi connectivity index (χ2v) is 5.76. The molecule has 3 aliphatic rings. The number of rotatable bonds is 2. The summed E-state index contributed by atoms with van der Waals surface area (Å²) in [6.07, 6.45) is 0.558. The Morgan fingerprint density at radius 1 is 1.13 bits per heavy atom. The third-order valence-corrected chi connectivity index (χ3v) is 4.38. The largest absolute Gasteiger partial charge is 0.458 e. The highest BCUT2D eigenvalue weighted by atomic mass is 16.7. The van der Waals surface area contributed by atoms with Crippen molar-refractivity contribution in [3.63, 3.8) is 0 Å². The van der Waals surface area contributed by atoms with Gasteiger partial charge in [0, 0.05) is 11.6 Å². The van der Waals surface area contributed by atoms with Gasteiger partial charge in [0.2, 0.25) is 0 Å². The zero-order valence-electron chi connectivity index (χ0n) is 12.3. The van der Waals surface area contributed by atoms with Gasteiger partial charge >= 0.3 is 11.9 Å². The van der Waals surface area contributed by atoms with Crippen molar-refractivity contribution in [2.75, 3.05) is 0 Å². The zero-order chi connectivity index (χ0) is 16.1. The molecule has 1 N–H and O–H groups in total. The first kappa shape index (κ1) is 14.0. The highest BCUT2D eigenvalue weighted by Crippen LogP contribution is 2.53. The Morgan fingerprint density at radius 3 is 2.57 bits per heavy atom. The van der Waals surface area contributed by atoms with E-state index in [4.69, 9.17) is 14.2 Å². The van der Waals surface area contributed by atoms with E-state index in [1.807, 2.05) is 24.3 Å². The number of benzene rings is 1. The van der Waals surface area contributed by atoms with Crippen LogP contribution in [0.4, 0.5) is 0 Å². The van der Waals surface area contributed by atoms with E-state index >= 15 is 0 Å². The lowest BCUT2D eigenvalue weighted by atomic mass is 9.95. The number of carbonyl (C=O) groups excluding carboxylic acids is 2. The Hall–Kier alpha value is -2.60. The average molecular weight is 314 g/mol. The van der Waals surface area contributed by atoms with Crippen molar-refractivity contribution in [2.24, 2.45) is 5.92 Å². The average Bonchev–Trinajstić information content (AvgIpc) is 3.12. The Morgan fingerprint density at radius 2 is 1.87 bits per heavy atom. The van der Waals surface area contributed by atoms with Crippen molar-refractivity contribution >= 4 is 11.9 Å². The molecule has 118 valence electrons. The standard InChI is InChI=1S/C17H14O6/c1-8-6-12(22-16(8)19)21-7-11-13-14(18)9-4-2-3-5-10(9)15(13)23-17(11)20/h2-7,12-15,18H,1H3/b11-7+/t12?,13?,14-,15?/m1/s1. The predicted molar refractivity (Wildman–Crippen MR) is 76.5 cm³/mol. The van der Waals surface area contributed by atoms with E-state index in [1.165, 1.54) is 12.3 Å². The summed E-state index contributed by atoms with van der Waals surface area (Å²) in [5.41, 5.74) is 2.26. The molecular weight excluding hydrogens is 300 g/mol. The highest BCUT2D eigenvalue weighted by molar-refractivity contribution is 5.92. The van der Waals surface area contributed by atoms with Crippen LogP contribution in [-0.2, 0) is 23.8 Å². The second kappa shape index (κ2) is 4.96. The van der Waals surface area contributed by atoms with Crippen LogP contribution >= 0.6 is 0 Å². The summed E-state index contributed by atoms with van der Waals surface area (Å²) >= 11 is 0. The monoisotopic (exact) mass is 314 g/mol. The molecule has 1 aromatic rings. The lowest BCUT2D eigenvalue weighted by molar-refractivity contribution is -0.152. The van der Waals surface area contributed by atoms with Gasteiger partial charge in [-0.25, -0.2) is 9.59 Å². The number of aliphatic hydroxyl groups excluding tert-OH is 1. The Balaban J connectivity index is 1.60. The quantitative estimate of drug-likeness (QED) is 0.508. The lowest BCUT2D eigenvalue weighted by Crippen LogP contribution is -2.14. The Labute approximate surface area is 132 Å². The molecule has 3 unspecified atom stereocenters. The van der Waals surface area contributed by atoms with E-state index in [1.54, 1.807) is 6.92 Å². The maximum Gasteiger partial charge on any atom is 0.338 e. The van der Waals surface area contributed by atoms with Crippen molar-refractivity contribution in [3.05, 3.63) is 58.9 Å². The molecule has 0 bridgehead atoms. The fraction of sp³-hybridized carbons (Fsp3) is 0.294. The summed E-state index contributed by atoms with van der Waals surface area (Å²) in [5.74, 6) is -1.49. The lowest BCUT2D eigenvalue weighted by Gasteiger charge is -2.13. The molecule has 2 aliphatic heterocycles. The molecule has 0 aromatic heterocycles. The molecule has 1 fully saturated rings. The van der Waals surface area contributed by atoms with Gasteiger partial charge in [-0.1, -0.05) is 24.3 Å². The summed E-state index contributed by atoms with van der Waals surface area (Å²) in [7, 11) is 0. The fourth-order valence-corrected chi connectivity index (χ4v) is 3.22. The van der Waals surface area contributed by atoms with Crippen molar-refractivity contribution in [2.45, 2.75) is 25.4 Å². The van der Waals surface area contributed by atoms with E-state index in [9.17, 15) is 14.7 Å². The smallest absolute Gasteiger partial charge is 0.338 e. The van der Waals surface area contributed by atoms with Crippen LogP contribution in [0.15, 0.2) is 47.7 Å². The molecule has 0 radical (unpaired) electrons. The number of fused-ring (bicyclic) bond motifs is 3. The van der Waals surface area contributed by atoms with Gasteiger partial charge in [0.15, 0.2) is 0 Å². The van der Waals surface area contributed by atoms with Gasteiger partial charge in [0.05, 0.1) is 23.9 Å². The molecule has 1 aliphatic carbocycles. The molecule has 1 aromatic carbocycles. The third kappa shape index (κ3) is 2.06. The first-order valence-electron chi connectivity index (χ1n) is 7.29. The maximum atomic E-state index is 12.1. The summed E-state index contributed by atoms with van der Waals surface area (Å²) in [6.45, 7) is 1.62. The Kier molecular flexibility index (Phi) is 3.02. The summed E-state index contributed by atoms with van der Waals surface area (Å²) in [5, 5.41) is 10.5. The zero-order valence-corrected chi connectivity index (χ0v) is 12.3. The minimum atomic E-state index is -0.859. The van der Waals surface area contributed by atoms with Gasteiger partial charge in [-0.2, -0.15) is 0 Å². The first-order chi connectivity index (χ1) is 11.1. The van der Waals surface area contributed by atoms with Gasteiger partial charge in [-0.3, -0.25) is 0 Å². The summed E-state index contributed by atoms with van der Waals surface area (Å²) in [6, 6.07) is 7.32. The number of cyclic esters (lactones) is 1. The number of hydrogen-bond acceptors (Lipinski definition) is 6. The topological polar surface area (TPSA) is 82.1 Å². The van der Waals surface area contributed by atoms with Gasteiger partial charge < -0.3 is 19.3 Å². The van der Waals surface area contributed by atoms with E-state index in [-0.39, 0.29) is 5.57 Å². The SMILES string of the molecule is CC1=CC(O/C=C2/C(=O)OC3c4ccccc4[C@@H](O)C23)OC1=O. The van der Waals surface area contributed by atoms with Crippen LogP contribution in [0.1, 0.15) is 30.3 Å². The molecule has 0 saturated carbocycles. The summed E-state index contributed by atoms with van der Waals surface area (Å²) in [4.78, 5) is 23.4. The number of esters is 2. The number of ether oxygens (including phenoxy) is 3. The normalized spacial score (nSPS) is 33.1. The van der Waals surface area contributed by atoms with Crippen LogP contribution in [0, 0.1) is 5.92 Å². The van der Waals surface area contributed by atoms with Crippen molar-refractivity contribution < 1.29 is 28.9 Å². The fourth-order valence-electron chi connectivity index (χ4n) is 3.22. The van der Waals surface area contributed by atoms with E-state index in [0.717, 1.165) is 11.1 Å². The van der Waals surface area contributed by atoms with Crippen molar-refractivity contribution in [3.8, 4) is 0 Å². The molecule has 0 spiro atoms. The van der Waals surface area contributed by atoms with E-state index in [2.05, 4.69) is 0 Å². The molecule has 2 heterocycles. The summed E-state index contributed by atoms with van der Waals surface area (Å²) < 4.78 is 15.7. The van der Waals surface area contributed by atoms with Crippen LogP contribution in [-0.4, -0.2) is 23.3 Å². The molecule has 1 saturated heterocycles. The van der Waals surface area contributed by atoms with E-state index < -0.39 is 36.4 Å². The minimum absolute atomic E-state index is 0.243. The molecule has 6 heteroatoms. The van der Waals surface area contributed by atoms with Crippen LogP contribution in [0.25, 0.3) is 0 Å². The van der Waals surface area contributed by atoms with Crippen LogP contribution in [0.3, 0.4) is 0 Å². The van der Waals surface area contributed by atoms with Gasteiger partial charge in [-0.15, -0.1) is 0 Å². The van der Waals surface area contributed by atoms with Gasteiger partial charge in [0.1, 0.15) is 6.10 Å².